The van der Waals surface area contributed by atoms with Crippen LogP contribution in [-0.2, 0) is 16.1 Å². The van der Waals surface area contributed by atoms with Crippen LogP contribution in [0.25, 0.3) is 11.0 Å². The summed E-state index contributed by atoms with van der Waals surface area (Å²) in [5.41, 5.74) is 1.64. The number of imide groups is 1. The third-order valence-corrected chi connectivity index (χ3v) is 4.88. The molecule has 1 saturated carbocycles. The lowest BCUT2D eigenvalue weighted by molar-refractivity contribution is -0.127. The van der Waals surface area contributed by atoms with E-state index in [4.69, 9.17) is 4.74 Å². The third-order valence-electron chi connectivity index (χ3n) is 4.88. The van der Waals surface area contributed by atoms with Gasteiger partial charge in [0.05, 0.1) is 11.1 Å². The van der Waals surface area contributed by atoms with Gasteiger partial charge in [-0.3, -0.25) is 10.1 Å². The van der Waals surface area contributed by atoms with Gasteiger partial charge in [0, 0.05) is 12.6 Å². The first-order valence-corrected chi connectivity index (χ1v) is 9.63. The first kappa shape index (κ1) is 19.8. The first-order chi connectivity index (χ1) is 13.5. The second kappa shape index (κ2) is 8.81. The number of nitrogens with one attached hydrogen (secondary N) is 2. The predicted octanol–water partition coefficient (Wildman–Crippen LogP) is 2.15. The van der Waals surface area contributed by atoms with E-state index < -0.39 is 24.0 Å². The zero-order valence-corrected chi connectivity index (χ0v) is 16.1. The second-order valence-corrected chi connectivity index (χ2v) is 6.95. The van der Waals surface area contributed by atoms with Crippen molar-refractivity contribution in [2.45, 2.75) is 64.6 Å². The standard InChI is InChI=1S/C19H25N5O4/c1-3-24-16-10-9-13(11-15(16)22-23-24)18(26)28-12(2)17(25)21-19(27)20-14-7-5-4-6-8-14/h9-12,14H,3-8H2,1-2H3,(H2,20,21,25,27)/t12-/m1/s1. The van der Waals surface area contributed by atoms with E-state index in [9.17, 15) is 14.4 Å². The quantitative estimate of drug-likeness (QED) is 0.760. The molecule has 1 aromatic carbocycles. The normalized spacial score (nSPS) is 15.8. The molecule has 0 radical (unpaired) electrons. The van der Waals surface area contributed by atoms with Crippen molar-refractivity contribution in [2.75, 3.05) is 0 Å². The summed E-state index contributed by atoms with van der Waals surface area (Å²) in [5.74, 6) is -1.33. The monoisotopic (exact) mass is 387 g/mol. The van der Waals surface area contributed by atoms with E-state index in [1.165, 1.54) is 13.3 Å². The van der Waals surface area contributed by atoms with Crippen molar-refractivity contribution >= 4 is 28.9 Å². The average Bonchev–Trinajstić information content (AvgIpc) is 3.10. The number of fused-ring (bicyclic) bond motifs is 1. The van der Waals surface area contributed by atoms with Gasteiger partial charge in [0.1, 0.15) is 5.52 Å². The summed E-state index contributed by atoms with van der Waals surface area (Å²) in [6.07, 6.45) is 4.04. The van der Waals surface area contributed by atoms with Crippen molar-refractivity contribution in [1.29, 1.82) is 0 Å². The van der Waals surface area contributed by atoms with Gasteiger partial charge >= 0.3 is 12.0 Å². The number of hydrogen-bond acceptors (Lipinski definition) is 6. The molecule has 1 atom stereocenters. The molecule has 1 fully saturated rings. The van der Waals surface area contributed by atoms with Crippen molar-refractivity contribution in [3.05, 3.63) is 23.8 Å². The molecular weight excluding hydrogens is 362 g/mol. The summed E-state index contributed by atoms with van der Waals surface area (Å²) in [6, 6.07) is 4.43. The Balaban J connectivity index is 1.54. The number of esters is 1. The summed E-state index contributed by atoms with van der Waals surface area (Å²) in [5, 5.41) is 13.0. The molecule has 1 aliphatic rings. The highest BCUT2D eigenvalue weighted by Crippen LogP contribution is 2.17. The lowest BCUT2D eigenvalue weighted by atomic mass is 9.96. The van der Waals surface area contributed by atoms with Crippen LogP contribution in [0.2, 0.25) is 0 Å². The molecule has 2 aromatic rings. The number of nitrogens with zero attached hydrogens (tertiary/aromatic N) is 3. The van der Waals surface area contributed by atoms with Crippen LogP contribution in [0.4, 0.5) is 4.79 Å². The van der Waals surface area contributed by atoms with Gasteiger partial charge in [0.25, 0.3) is 5.91 Å². The van der Waals surface area contributed by atoms with Gasteiger partial charge in [-0.25, -0.2) is 14.3 Å². The van der Waals surface area contributed by atoms with Gasteiger partial charge in [0.2, 0.25) is 0 Å². The van der Waals surface area contributed by atoms with Crippen molar-refractivity contribution < 1.29 is 19.1 Å². The van der Waals surface area contributed by atoms with Crippen LogP contribution >= 0.6 is 0 Å². The molecule has 28 heavy (non-hydrogen) atoms. The van der Waals surface area contributed by atoms with Gasteiger partial charge in [-0.2, -0.15) is 0 Å². The van der Waals surface area contributed by atoms with E-state index in [1.54, 1.807) is 22.9 Å². The number of benzene rings is 1. The number of carbonyl (C=O) groups excluding carboxylic acids is 3. The third kappa shape index (κ3) is 4.65. The average molecular weight is 387 g/mol. The molecule has 3 amide bonds. The zero-order chi connectivity index (χ0) is 20.1. The van der Waals surface area contributed by atoms with Gasteiger partial charge in [-0.05, 0) is 44.9 Å². The largest absolute Gasteiger partial charge is 0.449 e. The van der Waals surface area contributed by atoms with Crippen molar-refractivity contribution in [2.24, 2.45) is 0 Å². The first-order valence-electron chi connectivity index (χ1n) is 9.63. The van der Waals surface area contributed by atoms with Gasteiger partial charge in [0.15, 0.2) is 6.10 Å². The predicted molar refractivity (Wildman–Crippen MR) is 102 cm³/mol. The Kier molecular flexibility index (Phi) is 6.23. The number of aryl methyl sites for hydroxylation is 1. The number of ether oxygens (including phenoxy) is 1. The highest BCUT2D eigenvalue weighted by molar-refractivity contribution is 5.99. The zero-order valence-electron chi connectivity index (χ0n) is 16.1. The molecule has 3 rings (SSSR count). The van der Waals surface area contributed by atoms with E-state index in [-0.39, 0.29) is 11.6 Å². The summed E-state index contributed by atoms with van der Waals surface area (Å²) in [4.78, 5) is 36.4. The lowest BCUT2D eigenvalue weighted by Crippen LogP contribution is -2.48. The maximum Gasteiger partial charge on any atom is 0.338 e. The van der Waals surface area contributed by atoms with Crippen LogP contribution in [0.1, 0.15) is 56.3 Å². The van der Waals surface area contributed by atoms with Gasteiger partial charge < -0.3 is 10.1 Å². The highest BCUT2D eigenvalue weighted by atomic mass is 16.5. The molecule has 0 spiro atoms. The summed E-state index contributed by atoms with van der Waals surface area (Å²) in [6.45, 7) is 4.04. The van der Waals surface area contributed by atoms with Crippen LogP contribution in [0.15, 0.2) is 18.2 Å². The number of urea groups is 1. The Hall–Kier alpha value is -2.97. The van der Waals surface area contributed by atoms with Crippen LogP contribution in [-0.4, -0.2) is 45.0 Å². The smallest absolute Gasteiger partial charge is 0.338 e. The molecular formula is C19H25N5O4. The number of hydrogen-bond donors (Lipinski definition) is 2. The Bertz CT molecular complexity index is 872. The molecule has 0 saturated heterocycles. The van der Waals surface area contributed by atoms with E-state index in [1.807, 2.05) is 6.92 Å². The van der Waals surface area contributed by atoms with Crippen LogP contribution in [0.5, 0.6) is 0 Å². The molecule has 0 bridgehead atoms. The fourth-order valence-corrected chi connectivity index (χ4v) is 3.30. The van der Waals surface area contributed by atoms with Crippen molar-refractivity contribution in [3.63, 3.8) is 0 Å². The second-order valence-electron chi connectivity index (χ2n) is 6.95. The minimum absolute atomic E-state index is 0.0858. The highest BCUT2D eigenvalue weighted by Gasteiger charge is 2.23. The molecule has 9 nitrogen and oxygen atoms in total. The van der Waals surface area contributed by atoms with Gasteiger partial charge in [-0.15, -0.1) is 5.10 Å². The molecule has 1 heterocycles. The number of amides is 3. The summed E-state index contributed by atoms with van der Waals surface area (Å²) < 4.78 is 6.90. The van der Waals surface area contributed by atoms with E-state index >= 15 is 0 Å². The minimum Gasteiger partial charge on any atom is -0.449 e. The summed E-state index contributed by atoms with van der Waals surface area (Å²) >= 11 is 0. The summed E-state index contributed by atoms with van der Waals surface area (Å²) in [7, 11) is 0. The Morgan fingerprint density at radius 3 is 2.71 bits per heavy atom. The van der Waals surface area contributed by atoms with Crippen LogP contribution in [0, 0.1) is 0 Å². The fourth-order valence-electron chi connectivity index (χ4n) is 3.30. The molecule has 1 aromatic heterocycles. The van der Waals surface area contributed by atoms with E-state index in [0.717, 1.165) is 31.2 Å². The Morgan fingerprint density at radius 2 is 2.00 bits per heavy atom. The Morgan fingerprint density at radius 1 is 1.25 bits per heavy atom. The van der Waals surface area contributed by atoms with Crippen molar-refractivity contribution in [1.82, 2.24) is 25.6 Å². The maximum absolute atomic E-state index is 12.3. The van der Waals surface area contributed by atoms with Crippen LogP contribution in [0.3, 0.4) is 0 Å². The van der Waals surface area contributed by atoms with Crippen LogP contribution < -0.4 is 10.6 Å². The number of rotatable bonds is 5. The number of aromatic nitrogens is 3. The molecule has 2 N–H and O–H groups in total. The topological polar surface area (TPSA) is 115 Å². The van der Waals surface area contributed by atoms with Crippen molar-refractivity contribution in [3.8, 4) is 0 Å². The minimum atomic E-state index is -1.10. The lowest BCUT2D eigenvalue weighted by Gasteiger charge is -2.23. The molecule has 0 unspecified atom stereocenters. The SMILES string of the molecule is CCn1nnc2cc(C(=O)O[C@H](C)C(=O)NC(=O)NC3CCCCC3)ccc21. The van der Waals surface area contributed by atoms with Gasteiger partial charge in [-0.1, -0.05) is 24.5 Å². The Labute approximate surface area is 162 Å². The fraction of sp³-hybridized carbons (Fsp3) is 0.526. The molecule has 150 valence electrons. The van der Waals surface area contributed by atoms with E-state index in [0.29, 0.717) is 12.1 Å². The number of carbonyl (C=O) groups is 3. The molecule has 1 aliphatic carbocycles. The molecule has 0 aliphatic heterocycles. The van der Waals surface area contributed by atoms with E-state index in [2.05, 4.69) is 20.9 Å². The molecule has 9 heteroatoms. The maximum atomic E-state index is 12.3.